The zero-order valence-electron chi connectivity index (χ0n) is 48.9. The maximum absolute atomic E-state index is 14.8. The Hall–Kier alpha value is -3.60. The van der Waals surface area contributed by atoms with E-state index in [-0.39, 0.29) is 45.8 Å². The molecule has 1 aromatic rings. The number of aromatic hydroxyl groups is 1. The summed E-state index contributed by atoms with van der Waals surface area (Å²) < 4.78 is 23.4. The molecule has 0 spiro atoms. The van der Waals surface area contributed by atoms with Crippen LogP contribution in [0.5, 0.6) is 5.75 Å². The summed E-state index contributed by atoms with van der Waals surface area (Å²) >= 11 is 0. The number of ether oxygens (including phenoxy) is 4. The van der Waals surface area contributed by atoms with Gasteiger partial charge in [-0.15, -0.1) is 0 Å². The van der Waals surface area contributed by atoms with Gasteiger partial charge in [-0.3, -0.25) is 14.5 Å². The maximum atomic E-state index is 14.8. The lowest BCUT2D eigenvalue weighted by Gasteiger charge is -2.70. The summed E-state index contributed by atoms with van der Waals surface area (Å²) in [6.45, 7) is 17.1. The van der Waals surface area contributed by atoms with E-state index in [1.807, 2.05) is 39.0 Å². The number of carbonyl (C=O) groups is 4. The summed E-state index contributed by atoms with van der Waals surface area (Å²) in [5, 5.41) is 105. The molecular weight excluding hydrogens is 1060 g/mol. The molecule has 9 fully saturated rings. The number of phenols is 1. The van der Waals surface area contributed by atoms with Crippen molar-refractivity contribution in [2.45, 2.75) is 249 Å². The lowest BCUT2D eigenvalue weighted by molar-refractivity contribution is -0.371. The second-order valence-electron chi connectivity index (χ2n) is 29.4. The summed E-state index contributed by atoms with van der Waals surface area (Å²) in [6.07, 6.45) is -1.78. The highest BCUT2D eigenvalue weighted by Crippen LogP contribution is 2.75. The molecule has 3 saturated heterocycles. The number of carboxylic acids is 3. The Kier molecular flexibility index (Phi) is 15.2. The Labute approximate surface area is 480 Å². The number of piperidine rings is 1. The largest absolute Gasteiger partial charge is 0.508 e. The number of phenolic OH excluding ortho intramolecular Hbond substituents is 1. The van der Waals surface area contributed by atoms with Crippen LogP contribution in [0, 0.1) is 56.2 Å². The summed E-state index contributed by atoms with van der Waals surface area (Å²) in [7, 11) is 0. The van der Waals surface area contributed by atoms with Gasteiger partial charge in [0.15, 0.2) is 30.6 Å². The molecule has 0 radical (unpaired) electrons. The van der Waals surface area contributed by atoms with Crippen molar-refractivity contribution in [1.82, 2.24) is 4.90 Å². The molecule has 8 aliphatic carbocycles. The fourth-order valence-electron chi connectivity index (χ4n) is 19.7. The number of fused-ring (bicyclic) bond motifs is 8. The second kappa shape index (κ2) is 20.8. The van der Waals surface area contributed by atoms with Gasteiger partial charge >= 0.3 is 17.9 Å². The van der Waals surface area contributed by atoms with Gasteiger partial charge in [-0.05, 0) is 184 Å². The molecule has 82 heavy (non-hydrogen) atoms. The Morgan fingerprint density at radius 1 is 0.707 bits per heavy atom. The number of likely N-dealkylation sites (tertiary alicyclic amines) is 1. The predicted octanol–water partition coefficient (Wildman–Crippen LogP) is 5.61. The Morgan fingerprint density at radius 2 is 1.37 bits per heavy atom. The van der Waals surface area contributed by atoms with Crippen molar-refractivity contribution in [1.29, 1.82) is 0 Å². The molecule has 0 unspecified atom stereocenters. The van der Waals surface area contributed by atoms with Crippen LogP contribution in [0.25, 0.3) is 0 Å². The van der Waals surface area contributed by atoms with E-state index >= 15 is 0 Å². The highest BCUT2D eigenvalue weighted by Gasteiger charge is 2.71. The van der Waals surface area contributed by atoms with E-state index in [0.29, 0.717) is 31.4 Å². The molecule has 1 aromatic carbocycles. The molecular formula is C63H91NO18. The van der Waals surface area contributed by atoms with Gasteiger partial charge in [0.25, 0.3) is 0 Å². The lowest BCUT2D eigenvalue weighted by Crippen LogP contribution is -2.72. The van der Waals surface area contributed by atoms with E-state index in [1.165, 1.54) is 43.4 Å². The molecule has 19 heteroatoms. The van der Waals surface area contributed by atoms with Crippen molar-refractivity contribution in [2.75, 3.05) is 13.1 Å². The minimum Gasteiger partial charge on any atom is -0.508 e. The number of nitrogens with zero attached hydrogens (tertiary/aromatic N) is 1. The van der Waals surface area contributed by atoms with Crippen LogP contribution in [-0.4, -0.2) is 172 Å². The highest BCUT2D eigenvalue weighted by molar-refractivity contribution is 5.95. The minimum absolute atomic E-state index is 0.0217. The van der Waals surface area contributed by atoms with Gasteiger partial charge in [0, 0.05) is 23.9 Å². The first-order valence-electron chi connectivity index (χ1n) is 30.7. The second-order valence-corrected chi connectivity index (χ2v) is 29.4. The number of benzene rings is 1. The molecule has 22 atom stereocenters. The number of aliphatic hydroxyl groups excluding tert-OH is 5. The first kappa shape index (κ1) is 60.1. The molecule has 11 aliphatic rings. The van der Waals surface area contributed by atoms with E-state index in [1.54, 1.807) is 0 Å². The zero-order chi connectivity index (χ0) is 59.2. The van der Waals surface area contributed by atoms with E-state index < -0.39 is 113 Å². The number of ketones is 1. The third-order valence-electron chi connectivity index (χ3n) is 25.0. The van der Waals surface area contributed by atoms with Gasteiger partial charge in [0.1, 0.15) is 42.4 Å². The molecule has 0 amide bonds. The molecule has 12 rings (SSSR count). The highest BCUT2D eigenvalue weighted by atomic mass is 16.8. The van der Waals surface area contributed by atoms with Crippen molar-refractivity contribution in [3.8, 4) is 5.75 Å². The molecule has 456 valence electrons. The SMILES string of the molecule is CC1(C)[C@@H](O[C@H]2O[C@H](C(=O)O)[C@@H](O)[C@H](O)[C@H]2O[C@@H]2O[C@H](C(=O)O)[C@@H](O)[C@H](O)[C@H]2O)CC[C@]2(C)[C@H]3C(=O)C=C4[C@@H]5C[C@@](C)(C(=O)O)CC[C@]5(C)CC[C@@]4(C)[C@]3(C)CC[C@@H]12.Oc1ccc2c(c1)[C@@]13CCCC[C@@]1(O)[C@@H](C2)N(CC1CCC1)CC3. The van der Waals surface area contributed by atoms with Gasteiger partial charge in [-0.1, -0.05) is 72.4 Å². The van der Waals surface area contributed by atoms with Crippen LogP contribution in [0.2, 0.25) is 0 Å². The van der Waals surface area contributed by atoms with Crippen molar-refractivity contribution in [3.05, 3.63) is 41.0 Å². The standard InChI is InChI=1S/C42H62O16.C21H29NO2/c1-37(2)21-8-11-42(7)31(20(43)16-18-19-17-39(4,36(53)54)13-12-38(19,3)14-15-41(18,42)6)40(21,5)10-9-22(37)55-35-30(26(47)25(46)29(57-35)33(51)52)58-34-27(48)23(44)24(45)28(56-34)32(49)50;23-17-7-6-16-12-19-21(24)9-2-1-8-20(21,18(16)13-17)10-11-22(19)14-15-4-3-5-15/h16,19,21-31,34-35,44-48H,8-15,17H2,1-7H3,(H,49,50)(H,51,52)(H,53,54);6-7,13,15,19,23-24H,1-5,8-12,14H2/t19-,21-,22-,23-,24-,25-,26-,27+,28-,29-,30+,31+,34-,35-,38+,39-,40-,41+,42+;19-,20+,21-/m01/s1. The van der Waals surface area contributed by atoms with Crippen LogP contribution >= 0.6 is 0 Å². The smallest absolute Gasteiger partial charge is 0.335 e. The van der Waals surface area contributed by atoms with E-state index in [0.717, 1.165) is 82.2 Å². The Balaban J connectivity index is 0.000000241. The summed E-state index contributed by atoms with van der Waals surface area (Å²) in [6, 6.07) is 6.17. The zero-order valence-corrected chi connectivity index (χ0v) is 48.9. The molecule has 0 aromatic heterocycles. The Morgan fingerprint density at radius 3 is 2.02 bits per heavy atom. The molecule has 3 aliphatic heterocycles. The average Bonchev–Trinajstić information content (AvgIpc) is 0.759. The monoisotopic (exact) mass is 1150 g/mol. The maximum Gasteiger partial charge on any atom is 0.335 e. The third kappa shape index (κ3) is 9.02. The average molecular weight is 1150 g/mol. The number of hydrogen-bond acceptors (Lipinski definition) is 16. The third-order valence-corrected chi connectivity index (χ3v) is 25.0. The first-order chi connectivity index (χ1) is 38.4. The topological polar surface area (TPSA) is 311 Å². The van der Waals surface area contributed by atoms with Crippen molar-refractivity contribution in [3.63, 3.8) is 0 Å². The van der Waals surface area contributed by atoms with Gasteiger partial charge in [-0.2, -0.15) is 0 Å². The lowest BCUT2D eigenvalue weighted by atomic mass is 9.33. The summed E-state index contributed by atoms with van der Waals surface area (Å²) in [4.78, 5) is 53.9. The first-order valence-corrected chi connectivity index (χ1v) is 30.7. The van der Waals surface area contributed by atoms with E-state index in [2.05, 4.69) is 38.7 Å². The molecule has 3 heterocycles. The summed E-state index contributed by atoms with van der Waals surface area (Å²) in [5.74, 6) is -3.26. The summed E-state index contributed by atoms with van der Waals surface area (Å²) in [5.41, 5.74) is 0.0779. The predicted molar refractivity (Wildman–Crippen MR) is 294 cm³/mol. The van der Waals surface area contributed by atoms with Gasteiger partial charge in [0.2, 0.25) is 0 Å². The van der Waals surface area contributed by atoms with Crippen LogP contribution in [0.4, 0.5) is 0 Å². The number of carboxylic acid groups (broad SMARTS) is 3. The van der Waals surface area contributed by atoms with Crippen molar-refractivity contribution < 1.29 is 89.2 Å². The van der Waals surface area contributed by atoms with Crippen LogP contribution in [0.1, 0.15) is 169 Å². The van der Waals surface area contributed by atoms with Crippen LogP contribution < -0.4 is 0 Å². The minimum atomic E-state index is -2.05. The number of aliphatic carboxylic acids is 3. The van der Waals surface area contributed by atoms with Crippen LogP contribution in [0.3, 0.4) is 0 Å². The number of allylic oxidation sites excluding steroid dienone is 2. The van der Waals surface area contributed by atoms with Crippen LogP contribution in [-0.2, 0) is 50.0 Å². The number of aliphatic hydroxyl groups is 6. The number of rotatable bonds is 9. The van der Waals surface area contributed by atoms with Gasteiger partial charge < -0.3 is 70.0 Å². The van der Waals surface area contributed by atoms with Crippen LogP contribution in [0.15, 0.2) is 29.8 Å². The quantitative estimate of drug-likeness (QED) is 0.134. The fourth-order valence-corrected chi connectivity index (χ4v) is 19.7. The van der Waals surface area contributed by atoms with Gasteiger partial charge in [-0.25, -0.2) is 9.59 Å². The normalized spacial score (nSPS) is 48.6. The molecule has 19 nitrogen and oxygen atoms in total. The number of hydrogen-bond donors (Lipinski definition) is 10. The van der Waals surface area contributed by atoms with E-state index in [4.69, 9.17) is 18.9 Å². The molecule has 2 bridgehead atoms. The Bertz CT molecular complexity index is 2710. The van der Waals surface area contributed by atoms with Gasteiger partial charge in [0.05, 0.1) is 17.1 Å². The van der Waals surface area contributed by atoms with Crippen molar-refractivity contribution in [2.24, 2.45) is 56.2 Å². The van der Waals surface area contributed by atoms with Crippen molar-refractivity contribution >= 4 is 23.7 Å². The number of carbonyl (C=O) groups excluding carboxylic acids is 1. The van der Waals surface area contributed by atoms with E-state index in [9.17, 15) is 70.2 Å². The molecule has 6 saturated carbocycles. The fraction of sp³-hybridized carbons (Fsp3) is 0.810. The molecule has 10 N–H and O–H groups in total.